The average Bonchev–Trinajstić information content (AvgIpc) is 3.25. The quantitative estimate of drug-likeness (QED) is 0.367. The zero-order chi connectivity index (χ0) is 22.8. The molecule has 5 rings (SSSR count). The molecule has 2 aromatic carbocycles. The Hall–Kier alpha value is -3.81. The number of hydrogen-bond acceptors (Lipinski definition) is 8. The van der Waals surface area contributed by atoms with Gasteiger partial charge < -0.3 is 23.9 Å². The van der Waals surface area contributed by atoms with Gasteiger partial charge in [0.2, 0.25) is 0 Å². The molecule has 0 amide bonds. The van der Waals surface area contributed by atoms with Crippen LogP contribution in [-0.4, -0.2) is 35.8 Å². The van der Waals surface area contributed by atoms with Gasteiger partial charge in [-0.1, -0.05) is 0 Å². The monoisotopic (exact) mass is 447 g/mol. The van der Waals surface area contributed by atoms with Crippen molar-refractivity contribution >= 4 is 39.3 Å². The molecular formula is C25H25N3O5. The van der Waals surface area contributed by atoms with Gasteiger partial charge in [0.25, 0.3) is 0 Å². The van der Waals surface area contributed by atoms with Crippen LogP contribution in [0.1, 0.15) is 26.2 Å². The fourth-order valence-electron chi connectivity index (χ4n) is 4.17. The number of methoxy groups -OCH3 is 1. The number of benzene rings is 2. The minimum atomic E-state index is -0.147. The summed E-state index contributed by atoms with van der Waals surface area (Å²) >= 11 is 0. The van der Waals surface area contributed by atoms with E-state index in [0.29, 0.717) is 36.3 Å². The van der Waals surface area contributed by atoms with E-state index in [1.54, 1.807) is 13.4 Å². The number of carbonyl (C=O) groups excluding carboxylic acids is 1. The highest BCUT2D eigenvalue weighted by Crippen LogP contribution is 2.40. The highest BCUT2D eigenvalue weighted by molar-refractivity contribution is 5.94. The summed E-state index contributed by atoms with van der Waals surface area (Å²) in [6, 6.07) is 11.5. The molecule has 0 atom stereocenters. The highest BCUT2D eigenvalue weighted by Gasteiger charge is 2.33. The predicted molar refractivity (Wildman–Crippen MR) is 124 cm³/mol. The zero-order valence-electron chi connectivity index (χ0n) is 18.5. The number of carbonyl (C=O) groups is 1. The van der Waals surface area contributed by atoms with E-state index in [9.17, 15) is 4.79 Å². The number of rotatable bonds is 8. The summed E-state index contributed by atoms with van der Waals surface area (Å²) in [6.45, 7) is 2.23. The fraction of sp³-hybridized carbons (Fsp3) is 0.320. The molecule has 0 aliphatic heterocycles. The van der Waals surface area contributed by atoms with E-state index in [1.165, 1.54) is 6.33 Å². The lowest BCUT2D eigenvalue weighted by molar-refractivity contribution is -0.145. The van der Waals surface area contributed by atoms with Crippen LogP contribution in [0.4, 0.5) is 11.5 Å². The van der Waals surface area contributed by atoms with Crippen LogP contribution in [0.5, 0.6) is 11.5 Å². The molecule has 0 bridgehead atoms. The molecule has 0 radical (unpaired) electrons. The Morgan fingerprint density at radius 3 is 2.85 bits per heavy atom. The molecule has 4 aromatic rings. The summed E-state index contributed by atoms with van der Waals surface area (Å²) in [6.07, 6.45) is 5.27. The number of aromatic nitrogens is 2. The van der Waals surface area contributed by atoms with E-state index in [0.717, 1.165) is 40.4 Å². The van der Waals surface area contributed by atoms with E-state index in [1.807, 2.05) is 43.3 Å². The van der Waals surface area contributed by atoms with Gasteiger partial charge in [0.05, 0.1) is 31.6 Å². The second-order valence-electron chi connectivity index (χ2n) is 8.13. The van der Waals surface area contributed by atoms with Crippen LogP contribution in [0.15, 0.2) is 53.4 Å². The molecule has 1 aliphatic carbocycles. The largest absolute Gasteiger partial charge is 0.493 e. The lowest BCUT2D eigenvalue weighted by Gasteiger charge is -2.35. The summed E-state index contributed by atoms with van der Waals surface area (Å²) < 4.78 is 22.2. The Morgan fingerprint density at radius 1 is 1.15 bits per heavy atom. The first-order valence-corrected chi connectivity index (χ1v) is 11.0. The predicted octanol–water partition coefficient (Wildman–Crippen LogP) is 5.24. The first-order chi connectivity index (χ1) is 16.1. The number of anilines is 2. The van der Waals surface area contributed by atoms with Crippen molar-refractivity contribution in [1.29, 1.82) is 0 Å². The van der Waals surface area contributed by atoms with Crippen LogP contribution < -0.4 is 14.8 Å². The third-order valence-electron chi connectivity index (χ3n) is 5.88. The Bertz CT molecular complexity index is 1300. The van der Waals surface area contributed by atoms with Gasteiger partial charge in [-0.3, -0.25) is 4.79 Å². The topological polar surface area (TPSA) is 95.7 Å². The lowest BCUT2D eigenvalue weighted by atomic mass is 9.80. The zero-order valence-corrected chi connectivity index (χ0v) is 18.5. The normalized spacial score (nSPS) is 17.5. The Balaban J connectivity index is 1.36. The first-order valence-electron chi connectivity index (χ1n) is 11.0. The summed E-state index contributed by atoms with van der Waals surface area (Å²) in [5.74, 6) is 2.06. The van der Waals surface area contributed by atoms with Gasteiger partial charge in [0, 0.05) is 28.9 Å². The second kappa shape index (κ2) is 8.97. The van der Waals surface area contributed by atoms with Crippen molar-refractivity contribution in [2.75, 3.05) is 19.0 Å². The number of furan rings is 1. The van der Waals surface area contributed by atoms with Gasteiger partial charge in [-0.15, -0.1) is 0 Å². The van der Waals surface area contributed by atoms with E-state index < -0.39 is 0 Å². The van der Waals surface area contributed by atoms with E-state index in [-0.39, 0.29) is 12.1 Å². The molecule has 1 aliphatic rings. The fourth-order valence-corrected chi connectivity index (χ4v) is 4.17. The molecule has 8 nitrogen and oxygen atoms in total. The molecule has 0 spiro atoms. The van der Waals surface area contributed by atoms with Crippen molar-refractivity contribution in [3.8, 4) is 11.5 Å². The number of ether oxygens (including phenoxy) is 3. The van der Waals surface area contributed by atoms with Gasteiger partial charge >= 0.3 is 5.97 Å². The molecule has 1 fully saturated rings. The summed E-state index contributed by atoms with van der Waals surface area (Å²) in [5, 5.41) is 5.20. The number of nitrogens with zero attached hydrogens (tertiary/aromatic N) is 2. The molecule has 2 aromatic heterocycles. The molecular weight excluding hydrogens is 422 g/mol. The smallest absolute Gasteiger partial charge is 0.306 e. The standard InChI is InChI=1S/C25H25N3O5/c1-3-31-24(29)10-15-8-18(9-15)33-23-12-19-20(13-22(23)30-2)26-14-27-25(19)28-17-4-5-21-16(11-17)6-7-32-21/h4-7,11-15,18H,3,8-10H2,1-2H3,(H,26,27,28). The Labute approximate surface area is 190 Å². The molecule has 0 saturated heterocycles. The van der Waals surface area contributed by atoms with E-state index in [4.69, 9.17) is 18.6 Å². The maximum atomic E-state index is 11.7. The molecule has 0 unspecified atom stereocenters. The van der Waals surface area contributed by atoms with Crippen LogP contribution in [0.25, 0.3) is 21.9 Å². The number of hydrogen-bond donors (Lipinski definition) is 1. The Kier molecular flexibility index (Phi) is 5.73. The van der Waals surface area contributed by atoms with E-state index in [2.05, 4.69) is 15.3 Å². The van der Waals surface area contributed by atoms with Crippen molar-refractivity contribution in [3.05, 3.63) is 49.0 Å². The number of esters is 1. The maximum absolute atomic E-state index is 11.7. The van der Waals surface area contributed by atoms with Crippen molar-refractivity contribution in [2.45, 2.75) is 32.3 Å². The van der Waals surface area contributed by atoms with Crippen molar-refractivity contribution in [1.82, 2.24) is 9.97 Å². The number of nitrogens with one attached hydrogen (secondary N) is 1. The van der Waals surface area contributed by atoms with Crippen LogP contribution in [-0.2, 0) is 9.53 Å². The van der Waals surface area contributed by atoms with Crippen LogP contribution in [0.3, 0.4) is 0 Å². The molecule has 33 heavy (non-hydrogen) atoms. The van der Waals surface area contributed by atoms with Crippen molar-refractivity contribution in [3.63, 3.8) is 0 Å². The molecule has 1 N–H and O–H groups in total. The van der Waals surface area contributed by atoms with Gasteiger partial charge in [-0.25, -0.2) is 9.97 Å². The van der Waals surface area contributed by atoms with Crippen LogP contribution in [0, 0.1) is 5.92 Å². The molecule has 8 heteroatoms. The van der Waals surface area contributed by atoms with Gasteiger partial charge in [-0.2, -0.15) is 0 Å². The Morgan fingerprint density at radius 2 is 2.03 bits per heavy atom. The third kappa shape index (κ3) is 4.41. The SMILES string of the molecule is CCOC(=O)CC1CC(Oc2cc3c(Nc4ccc5occc5c4)ncnc3cc2OC)C1. The van der Waals surface area contributed by atoms with Gasteiger partial charge in [0.15, 0.2) is 11.5 Å². The molecule has 170 valence electrons. The van der Waals surface area contributed by atoms with Gasteiger partial charge in [0.1, 0.15) is 17.7 Å². The summed E-state index contributed by atoms with van der Waals surface area (Å²) in [7, 11) is 1.61. The van der Waals surface area contributed by atoms with Crippen molar-refractivity contribution in [2.24, 2.45) is 5.92 Å². The van der Waals surface area contributed by atoms with Crippen molar-refractivity contribution < 1.29 is 23.4 Å². The van der Waals surface area contributed by atoms with Crippen LogP contribution >= 0.6 is 0 Å². The molecule has 2 heterocycles. The third-order valence-corrected chi connectivity index (χ3v) is 5.88. The minimum absolute atomic E-state index is 0.0281. The van der Waals surface area contributed by atoms with E-state index >= 15 is 0 Å². The molecule has 1 saturated carbocycles. The minimum Gasteiger partial charge on any atom is -0.493 e. The maximum Gasteiger partial charge on any atom is 0.306 e. The summed E-state index contributed by atoms with van der Waals surface area (Å²) in [4.78, 5) is 20.5. The van der Waals surface area contributed by atoms with Crippen LogP contribution in [0.2, 0.25) is 0 Å². The first kappa shape index (κ1) is 21.1. The second-order valence-corrected chi connectivity index (χ2v) is 8.13. The number of fused-ring (bicyclic) bond motifs is 2. The summed E-state index contributed by atoms with van der Waals surface area (Å²) in [5.41, 5.74) is 2.47. The highest BCUT2D eigenvalue weighted by atomic mass is 16.5. The lowest BCUT2D eigenvalue weighted by Crippen LogP contribution is -2.35. The van der Waals surface area contributed by atoms with Gasteiger partial charge in [-0.05, 0) is 56.0 Å². The average molecular weight is 447 g/mol.